The molecule has 1 N–H and O–H groups in total. The van der Waals surface area contributed by atoms with Crippen LogP contribution in [-0.4, -0.2) is 30.9 Å². The maximum Gasteiger partial charge on any atom is 0.225 e. The molecule has 1 heterocycles. The van der Waals surface area contributed by atoms with Crippen molar-refractivity contribution >= 4 is 35.0 Å². The number of hydrogen-bond acceptors (Lipinski definition) is 6. The zero-order valence-electron chi connectivity index (χ0n) is 17.0. The minimum absolute atomic E-state index is 0.204. The van der Waals surface area contributed by atoms with Gasteiger partial charge in [0.2, 0.25) is 5.91 Å². The maximum atomic E-state index is 12.4. The zero-order chi connectivity index (χ0) is 22.2. The van der Waals surface area contributed by atoms with Crippen LogP contribution in [0, 0.1) is 11.3 Å². The highest BCUT2D eigenvalue weighted by Gasteiger charge is 2.14. The Morgan fingerprint density at radius 3 is 2.55 bits per heavy atom. The van der Waals surface area contributed by atoms with E-state index in [0.29, 0.717) is 38.6 Å². The Labute approximate surface area is 190 Å². The van der Waals surface area contributed by atoms with Crippen LogP contribution in [0.1, 0.15) is 12.0 Å². The number of aromatic nitrogens is 1. The molecule has 0 saturated heterocycles. The van der Waals surface area contributed by atoms with E-state index >= 15 is 0 Å². The monoisotopic (exact) mass is 453 g/mol. The van der Waals surface area contributed by atoms with Crippen molar-refractivity contribution in [3.63, 3.8) is 0 Å². The number of rotatable bonds is 8. The highest BCUT2D eigenvalue weighted by atomic mass is 35.5. The van der Waals surface area contributed by atoms with Crippen molar-refractivity contribution in [2.45, 2.75) is 11.4 Å². The first-order valence-electron chi connectivity index (χ1n) is 9.36. The van der Waals surface area contributed by atoms with Crippen LogP contribution in [-0.2, 0) is 4.79 Å². The van der Waals surface area contributed by atoms with E-state index in [1.165, 1.54) is 26.0 Å². The molecule has 0 atom stereocenters. The number of nitriles is 1. The Morgan fingerprint density at radius 2 is 1.87 bits per heavy atom. The third kappa shape index (κ3) is 5.69. The molecule has 0 aliphatic rings. The number of pyridine rings is 1. The van der Waals surface area contributed by atoms with Crippen LogP contribution in [0.15, 0.2) is 59.6 Å². The number of ether oxygens (including phenoxy) is 2. The van der Waals surface area contributed by atoms with Gasteiger partial charge in [-0.2, -0.15) is 5.26 Å². The Balaban J connectivity index is 1.66. The lowest BCUT2D eigenvalue weighted by molar-refractivity contribution is -0.115. The van der Waals surface area contributed by atoms with E-state index in [0.717, 1.165) is 11.3 Å². The summed E-state index contributed by atoms with van der Waals surface area (Å²) in [5.41, 5.74) is 2.69. The van der Waals surface area contributed by atoms with E-state index in [-0.39, 0.29) is 12.3 Å². The van der Waals surface area contributed by atoms with Gasteiger partial charge in [-0.05, 0) is 18.2 Å². The summed E-state index contributed by atoms with van der Waals surface area (Å²) in [6, 6.07) is 18.7. The Hall–Kier alpha value is -3.21. The van der Waals surface area contributed by atoms with Crippen LogP contribution < -0.4 is 14.8 Å². The second kappa shape index (κ2) is 10.7. The van der Waals surface area contributed by atoms with Gasteiger partial charge in [0.05, 0.1) is 36.2 Å². The van der Waals surface area contributed by atoms with E-state index in [1.54, 1.807) is 18.2 Å². The Bertz CT molecular complexity index is 1120. The molecule has 6 nitrogen and oxygen atoms in total. The van der Waals surface area contributed by atoms with Crippen LogP contribution in [0.2, 0.25) is 5.02 Å². The van der Waals surface area contributed by atoms with Gasteiger partial charge in [0, 0.05) is 23.8 Å². The lowest BCUT2D eigenvalue weighted by atomic mass is 10.1. The molecule has 158 valence electrons. The number of halogens is 1. The molecule has 0 bridgehead atoms. The maximum absolute atomic E-state index is 12.4. The molecule has 1 amide bonds. The van der Waals surface area contributed by atoms with Crippen molar-refractivity contribution in [3.8, 4) is 28.8 Å². The van der Waals surface area contributed by atoms with Crippen LogP contribution in [0.3, 0.4) is 0 Å². The highest BCUT2D eigenvalue weighted by Crippen LogP contribution is 2.36. The van der Waals surface area contributed by atoms with Gasteiger partial charge < -0.3 is 14.8 Å². The van der Waals surface area contributed by atoms with Crippen LogP contribution in [0.4, 0.5) is 5.69 Å². The average molecular weight is 454 g/mol. The van der Waals surface area contributed by atoms with Gasteiger partial charge in [0.15, 0.2) is 0 Å². The lowest BCUT2D eigenvalue weighted by Gasteiger charge is -2.13. The Morgan fingerprint density at radius 1 is 1.13 bits per heavy atom. The third-order valence-corrected chi connectivity index (χ3v) is 5.65. The predicted molar refractivity (Wildman–Crippen MR) is 123 cm³/mol. The molecule has 3 aromatic rings. The fourth-order valence-corrected chi connectivity index (χ4v) is 3.97. The summed E-state index contributed by atoms with van der Waals surface area (Å²) in [6.45, 7) is 0. The summed E-state index contributed by atoms with van der Waals surface area (Å²) in [5, 5.41) is 13.2. The van der Waals surface area contributed by atoms with Gasteiger partial charge >= 0.3 is 0 Å². The fourth-order valence-electron chi connectivity index (χ4n) is 2.82. The smallest absolute Gasteiger partial charge is 0.225 e. The van der Waals surface area contributed by atoms with Gasteiger partial charge in [-0.15, -0.1) is 11.8 Å². The molecule has 0 fully saturated rings. The number of anilines is 1. The van der Waals surface area contributed by atoms with Gasteiger partial charge in [-0.1, -0.05) is 41.9 Å². The molecule has 0 unspecified atom stereocenters. The molecule has 0 saturated carbocycles. The van der Waals surface area contributed by atoms with E-state index in [9.17, 15) is 10.1 Å². The third-order valence-electron chi connectivity index (χ3n) is 4.37. The van der Waals surface area contributed by atoms with E-state index < -0.39 is 0 Å². The summed E-state index contributed by atoms with van der Waals surface area (Å²) in [5.74, 6) is 1.16. The molecular formula is C23H20ClN3O3S. The van der Waals surface area contributed by atoms with Crippen LogP contribution in [0.5, 0.6) is 11.5 Å². The van der Waals surface area contributed by atoms with Gasteiger partial charge in [-0.25, -0.2) is 4.98 Å². The minimum Gasteiger partial charge on any atom is -0.495 e. The molecule has 3 rings (SSSR count). The van der Waals surface area contributed by atoms with Crippen molar-refractivity contribution < 1.29 is 14.3 Å². The van der Waals surface area contributed by atoms with E-state index in [4.69, 9.17) is 21.1 Å². The topological polar surface area (TPSA) is 84.2 Å². The molecule has 31 heavy (non-hydrogen) atoms. The number of nitrogens with zero attached hydrogens (tertiary/aromatic N) is 2. The van der Waals surface area contributed by atoms with Crippen molar-refractivity contribution in [2.75, 3.05) is 25.3 Å². The number of nitrogens with one attached hydrogen (secondary N) is 1. The summed E-state index contributed by atoms with van der Waals surface area (Å²) in [7, 11) is 3.01. The standard InChI is InChI=1S/C23H20ClN3O3S/c1-29-20-13-21(30-2)19(12-17(20)24)26-22(28)10-11-31-23-16(14-25)8-9-18(27-23)15-6-4-3-5-7-15/h3-9,12-13H,10-11H2,1-2H3,(H,26,28). The predicted octanol–water partition coefficient (Wildman–Crippen LogP) is 5.41. The van der Waals surface area contributed by atoms with Gasteiger partial charge in [-0.3, -0.25) is 4.79 Å². The molecule has 0 aliphatic carbocycles. The summed E-state index contributed by atoms with van der Waals surface area (Å²) in [6.07, 6.45) is 0.222. The van der Waals surface area contributed by atoms with Crippen LogP contribution in [0.25, 0.3) is 11.3 Å². The first-order valence-corrected chi connectivity index (χ1v) is 10.7. The highest BCUT2D eigenvalue weighted by molar-refractivity contribution is 7.99. The van der Waals surface area contributed by atoms with E-state index in [1.807, 2.05) is 36.4 Å². The number of hydrogen-bond donors (Lipinski definition) is 1. The fraction of sp³-hybridized carbons (Fsp3) is 0.174. The quantitative estimate of drug-likeness (QED) is 0.459. The SMILES string of the molecule is COc1cc(OC)c(NC(=O)CCSc2nc(-c3ccccc3)ccc2C#N)cc1Cl. The average Bonchev–Trinajstić information content (AvgIpc) is 2.79. The molecule has 8 heteroatoms. The summed E-state index contributed by atoms with van der Waals surface area (Å²) in [4.78, 5) is 17.0. The van der Waals surface area contributed by atoms with Crippen molar-refractivity contribution in [2.24, 2.45) is 0 Å². The molecule has 2 aromatic carbocycles. The first kappa shape index (κ1) is 22.5. The second-order valence-corrected chi connectivity index (χ2v) is 7.85. The van der Waals surface area contributed by atoms with E-state index in [2.05, 4.69) is 16.4 Å². The zero-order valence-corrected chi connectivity index (χ0v) is 18.6. The van der Waals surface area contributed by atoms with Crippen molar-refractivity contribution in [3.05, 3.63) is 65.2 Å². The minimum atomic E-state index is -0.204. The van der Waals surface area contributed by atoms with Crippen molar-refractivity contribution in [1.82, 2.24) is 4.98 Å². The molecule has 0 aliphatic heterocycles. The molecule has 0 spiro atoms. The van der Waals surface area contributed by atoms with Gasteiger partial charge in [0.25, 0.3) is 0 Å². The first-order chi connectivity index (χ1) is 15.0. The van der Waals surface area contributed by atoms with Crippen LogP contribution >= 0.6 is 23.4 Å². The Kier molecular flexibility index (Phi) is 7.76. The largest absolute Gasteiger partial charge is 0.495 e. The van der Waals surface area contributed by atoms with Gasteiger partial charge in [0.1, 0.15) is 22.6 Å². The number of carbonyl (C=O) groups is 1. The molecular weight excluding hydrogens is 434 g/mol. The second-order valence-electron chi connectivity index (χ2n) is 6.36. The lowest BCUT2D eigenvalue weighted by Crippen LogP contribution is -2.13. The normalized spacial score (nSPS) is 10.3. The number of thioether (sulfide) groups is 1. The number of methoxy groups -OCH3 is 2. The molecule has 1 aromatic heterocycles. The number of carbonyl (C=O) groups excluding carboxylic acids is 1. The number of amides is 1. The summed E-state index contributed by atoms with van der Waals surface area (Å²) >= 11 is 7.52. The molecule has 0 radical (unpaired) electrons. The summed E-state index contributed by atoms with van der Waals surface area (Å²) < 4.78 is 10.5. The van der Waals surface area contributed by atoms with Crippen molar-refractivity contribution in [1.29, 1.82) is 5.26 Å². The number of benzene rings is 2.